The van der Waals surface area contributed by atoms with E-state index in [0.29, 0.717) is 30.4 Å². The van der Waals surface area contributed by atoms with Crippen LogP contribution < -0.4 is 10.6 Å². The van der Waals surface area contributed by atoms with Gasteiger partial charge in [-0.3, -0.25) is 9.78 Å². The minimum atomic E-state index is -0.263. The molecule has 2 aromatic heterocycles. The number of hydrogen-bond acceptors (Lipinski definition) is 6. The second-order valence-corrected chi connectivity index (χ2v) is 7.97. The number of carbonyl (C=O) groups is 2. The van der Waals surface area contributed by atoms with Gasteiger partial charge in [-0.15, -0.1) is 11.3 Å². The fourth-order valence-corrected chi connectivity index (χ4v) is 3.81. The van der Waals surface area contributed by atoms with Crippen molar-refractivity contribution in [3.63, 3.8) is 0 Å². The highest BCUT2D eigenvalue weighted by molar-refractivity contribution is 7.09. The van der Waals surface area contributed by atoms with E-state index in [-0.39, 0.29) is 18.5 Å². The molecule has 0 saturated carbocycles. The molecule has 0 aliphatic rings. The summed E-state index contributed by atoms with van der Waals surface area (Å²) in [6.45, 7) is 3.50. The molecule has 168 valence electrons. The molecular formula is C23H27N5O3S. The average molecular weight is 454 g/mol. The van der Waals surface area contributed by atoms with Crippen LogP contribution >= 0.6 is 11.3 Å². The first kappa shape index (κ1) is 23.4. The molecule has 0 radical (unpaired) electrons. The number of pyridine rings is 1. The molecule has 3 amide bonds. The van der Waals surface area contributed by atoms with Gasteiger partial charge in [0, 0.05) is 43.7 Å². The monoisotopic (exact) mass is 453 g/mol. The van der Waals surface area contributed by atoms with Gasteiger partial charge in [0.2, 0.25) is 0 Å². The predicted molar refractivity (Wildman–Crippen MR) is 125 cm³/mol. The Kier molecular flexibility index (Phi) is 8.70. The van der Waals surface area contributed by atoms with Crippen LogP contribution in [0.5, 0.6) is 0 Å². The topological polar surface area (TPSA) is 96.5 Å². The maximum absolute atomic E-state index is 12.9. The van der Waals surface area contributed by atoms with Gasteiger partial charge >= 0.3 is 6.03 Å². The zero-order valence-electron chi connectivity index (χ0n) is 18.2. The number of aromatic nitrogens is 2. The third-order valence-corrected chi connectivity index (χ3v) is 5.61. The van der Waals surface area contributed by atoms with Crippen molar-refractivity contribution in [3.8, 4) is 0 Å². The number of benzene rings is 1. The first-order valence-electron chi connectivity index (χ1n) is 10.3. The van der Waals surface area contributed by atoms with Gasteiger partial charge in [-0.25, -0.2) is 9.78 Å². The van der Waals surface area contributed by atoms with E-state index in [1.807, 2.05) is 43.3 Å². The molecule has 0 spiro atoms. The Balaban J connectivity index is 1.63. The number of para-hydroxylation sites is 1. The van der Waals surface area contributed by atoms with Crippen LogP contribution in [0.1, 0.15) is 33.5 Å². The number of anilines is 1. The molecule has 0 saturated heterocycles. The zero-order valence-corrected chi connectivity index (χ0v) is 19.0. The second kappa shape index (κ2) is 11.9. The third kappa shape index (κ3) is 6.60. The first-order valence-corrected chi connectivity index (χ1v) is 11.2. The molecule has 3 aromatic rings. The number of amides is 3. The Morgan fingerprint density at radius 2 is 2.03 bits per heavy atom. The summed E-state index contributed by atoms with van der Waals surface area (Å²) < 4.78 is 5.16. The standard InChI is InChI=1S/C23H27N5O3S/c1-3-18-8-4-5-9-19(18)27-23(30)28(11-12-31-2)15-21-26-20(16-32-21)22(29)25-14-17-7-6-10-24-13-17/h4-10,13,16H,3,11-12,14-15H2,1-2H3,(H,25,29)(H,27,30). The summed E-state index contributed by atoms with van der Waals surface area (Å²) in [4.78, 5) is 35.5. The van der Waals surface area contributed by atoms with Crippen LogP contribution in [-0.4, -0.2) is 47.1 Å². The summed E-state index contributed by atoms with van der Waals surface area (Å²) in [5.74, 6) is -0.263. The van der Waals surface area contributed by atoms with Crippen molar-refractivity contribution in [2.45, 2.75) is 26.4 Å². The number of urea groups is 1. The Morgan fingerprint density at radius 1 is 1.19 bits per heavy atom. The minimum Gasteiger partial charge on any atom is -0.383 e. The average Bonchev–Trinajstić information content (AvgIpc) is 3.30. The van der Waals surface area contributed by atoms with Crippen LogP contribution in [0.15, 0.2) is 54.2 Å². The number of ether oxygens (including phenoxy) is 1. The third-order valence-electron chi connectivity index (χ3n) is 4.78. The van der Waals surface area contributed by atoms with Gasteiger partial charge < -0.3 is 20.3 Å². The molecule has 9 heteroatoms. The summed E-state index contributed by atoms with van der Waals surface area (Å²) in [6, 6.07) is 11.2. The largest absolute Gasteiger partial charge is 0.383 e. The normalized spacial score (nSPS) is 10.6. The van der Waals surface area contributed by atoms with Crippen molar-refractivity contribution in [1.82, 2.24) is 20.2 Å². The Hall–Kier alpha value is -3.30. The van der Waals surface area contributed by atoms with Crippen molar-refractivity contribution < 1.29 is 14.3 Å². The van der Waals surface area contributed by atoms with E-state index < -0.39 is 0 Å². The van der Waals surface area contributed by atoms with Crippen LogP contribution in [0.2, 0.25) is 0 Å². The summed E-state index contributed by atoms with van der Waals surface area (Å²) >= 11 is 1.35. The molecule has 0 bridgehead atoms. The fraction of sp³-hybridized carbons (Fsp3) is 0.304. The van der Waals surface area contributed by atoms with E-state index >= 15 is 0 Å². The summed E-state index contributed by atoms with van der Waals surface area (Å²) in [7, 11) is 1.59. The van der Waals surface area contributed by atoms with Crippen molar-refractivity contribution in [1.29, 1.82) is 0 Å². The number of thiazole rings is 1. The molecular weight excluding hydrogens is 426 g/mol. The van der Waals surface area contributed by atoms with Crippen molar-refractivity contribution in [2.75, 3.05) is 25.6 Å². The number of rotatable bonds is 10. The number of carbonyl (C=O) groups excluding carboxylic acids is 2. The van der Waals surface area contributed by atoms with Crippen LogP contribution in [0.4, 0.5) is 10.5 Å². The molecule has 32 heavy (non-hydrogen) atoms. The Bertz CT molecular complexity index is 1030. The highest BCUT2D eigenvalue weighted by Crippen LogP contribution is 2.18. The maximum atomic E-state index is 12.9. The number of aryl methyl sites for hydroxylation is 1. The van der Waals surface area contributed by atoms with Crippen LogP contribution in [0.25, 0.3) is 0 Å². The molecule has 0 aliphatic heterocycles. The lowest BCUT2D eigenvalue weighted by Gasteiger charge is -2.22. The van der Waals surface area contributed by atoms with Gasteiger partial charge in [-0.2, -0.15) is 0 Å². The quantitative estimate of drug-likeness (QED) is 0.488. The lowest BCUT2D eigenvalue weighted by Crippen LogP contribution is -2.37. The first-order chi connectivity index (χ1) is 15.6. The predicted octanol–water partition coefficient (Wildman–Crippen LogP) is 3.71. The van der Waals surface area contributed by atoms with Gasteiger partial charge in [-0.05, 0) is 29.7 Å². The van der Waals surface area contributed by atoms with Gasteiger partial charge in [0.25, 0.3) is 5.91 Å². The molecule has 1 aromatic carbocycles. The summed E-state index contributed by atoms with van der Waals surface area (Å²) in [5, 5.41) is 8.19. The highest BCUT2D eigenvalue weighted by Gasteiger charge is 2.18. The van der Waals surface area contributed by atoms with Crippen LogP contribution in [0.3, 0.4) is 0 Å². The molecule has 2 heterocycles. The highest BCUT2D eigenvalue weighted by atomic mass is 32.1. The summed E-state index contributed by atoms with van der Waals surface area (Å²) in [5.41, 5.74) is 3.09. The van der Waals surface area contributed by atoms with Gasteiger partial charge in [0.05, 0.1) is 13.2 Å². The van der Waals surface area contributed by atoms with Crippen molar-refractivity contribution in [2.24, 2.45) is 0 Å². The molecule has 3 rings (SSSR count). The molecule has 0 unspecified atom stereocenters. The van der Waals surface area contributed by atoms with Gasteiger partial charge in [-0.1, -0.05) is 31.2 Å². The van der Waals surface area contributed by atoms with Gasteiger partial charge in [0.1, 0.15) is 10.7 Å². The molecule has 2 N–H and O–H groups in total. The SMILES string of the molecule is CCc1ccccc1NC(=O)N(CCOC)Cc1nc(C(=O)NCc2cccnc2)cs1. The van der Waals surface area contributed by atoms with E-state index in [1.165, 1.54) is 11.3 Å². The molecule has 0 atom stereocenters. The van der Waals surface area contributed by atoms with E-state index in [0.717, 1.165) is 23.2 Å². The van der Waals surface area contributed by atoms with E-state index in [1.54, 1.807) is 29.8 Å². The van der Waals surface area contributed by atoms with Gasteiger partial charge in [0.15, 0.2) is 0 Å². The van der Waals surface area contributed by atoms with Crippen molar-refractivity contribution >= 4 is 29.0 Å². The number of hydrogen-bond donors (Lipinski definition) is 2. The lowest BCUT2D eigenvalue weighted by molar-refractivity contribution is 0.0946. The molecule has 8 nitrogen and oxygen atoms in total. The van der Waals surface area contributed by atoms with Crippen molar-refractivity contribution in [3.05, 3.63) is 76.0 Å². The van der Waals surface area contributed by atoms with Crippen LogP contribution in [-0.2, 0) is 24.2 Å². The lowest BCUT2D eigenvalue weighted by atomic mass is 10.1. The smallest absolute Gasteiger partial charge is 0.322 e. The zero-order chi connectivity index (χ0) is 22.8. The number of nitrogens with zero attached hydrogens (tertiary/aromatic N) is 3. The Labute approximate surface area is 191 Å². The Morgan fingerprint density at radius 3 is 2.78 bits per heavy atom. The number of nitrogens with one attached hydrogen (secondary N) is 2. The fourth-order valence-electron chi connectivity index (χ4n) is 3.03. The molecule has 0 fully saturated rings. The second-order valence-electron chi connectivity index (χ2n) is 7.03. The maximum Gasteiger partial charge on any atom is 0.322 e. The van der Waals surface area contributed by atoms with Crippen LogP contribution in [0, 0.1) is 0 Å². The van der Waals surface area contributed by atoms with E-state index in [4.69, 9.17) is 4.74 Å². The number of methoxy groups -OCH3 is 1. The van der Waals surface area contributed by atoms with E-state index in [2.05, 4.69) is 20.6 Å². The summed E-state index contributed by atoms with van der Waals surface area (Å²) in [6.07, 6.45) is 4.21. The molecule has 0 aliphatic carbocycles. The van der Waals surface area contributed by atoms with E-state index in [9.17, 15) is 9.59 Å². The minimum absolute atomic E-state index is 0.235.